The van der Waals surface area contributed by atoms with Gasteiger partial charge in [0.15, 0.2) is 0 Å². The minimum absolute atomic E-state index is 0.0623. The molecule has 0 aliphatic heterocycles. The zero-order chi connectivity index (χ0) is 35.0. The van der Waals surface area contributed by atoms with E-state index in [-0.39, 0.29) is 40.3 Å². The van der Waals surface area contributed by atoms with Crippen LogP contribution < -0.4 is 25.6 Å². The van der Waals surface area contributed by atoms with Gasteiger partial charge in [-0.25, -0.2) is 12.8 Å². The van der Waals surface area contributed by atoms with Crippen LogP contribution in [-0.2, 0) is 23.0 Å². The van der Waals surface area contributed by atoms with E-state index < -0.39 is 27.7 Å². The fraction of sp³-hybridized carbons (Fsp3) is 0.306. The van der Waals surface area contributed by atoms with Gasteiger partial charge in [-0.3, -0.25) is 19.0 Å². The predicted molar refractivity (Wildman–Crippen MR) is 187 cm³/mol. The number of carbonyl (C=O) groups is 2. The molecule has 2 atom stereocenters. The van der Waals surface area contributed by atoms with Gasteiger partial charge < -0.3 is 21.3 Å². The summed E-state index contributed by atoms with van der Waals surface area (Å²) in [4.78, 5) is 27.1. The molecular weight excluding hydrogens is 646 g/mol. The van der Waals surface area contributed by atoms with Crippen molar-refractivity contribution in [2.75, 3.05) is 24.4 Å². The number of nitrogens with one attached hydrogen (secondary N) is 5. The Bertz CT molecular complexity index is 1850. The lowest BCUT2D eigenvalue weighted by Gasteiger charge is -2.25. The second-order valence-electron chi connectivity index (χ2n) is 12.3. The summed E-state index contributed by atoms with van der Waals surface area (Å²) in [5.74, 6) is -0.888. The summed E-state index contributed by atoms with van der Waals surface area (Å²) in [6.45, 7) is 7.64. The third-order valence-electron chi connectivity index (χ3n) is 8.44. The Morgan fingerprint density at radius 1 is 1.00 bits per heavy atom. The number of hydrogen-bond acceptors (Lipinski definition) is 7. The first kappa shape index (κ1) is 35.3. The average Bonchev–Trinajstić information content (AvgIpc) is 3.79. The number of amides is 2. The first-order chi connectivity index (χ1) is 23.5. The van der Waals surface area contributed by atoms with Gasteiger partial charge in [-0.1, -0.05) is 36.9 Å². The van der Waals surface area contributed by atoms with E-state index in [1.165, 1.54) is 38.1 Å². The summed E-state index contributed by atoms with van der Waals surface area (Å²) in [7, 11) is -2.86. The van der Waals surface area contributed by atoms with Gasteiger partial charge in [0, 0.05) is 55.2 Å². The molecule has 2 amide bonds. The molecule has 13 heteroatoms. The van der Waals surface area contributed by atoms with Crippen LogP contribution in [0.1, 0.15) is 51.7 Å². The number of H-pyrrole nitrogens is 1. The molecule has 1 aromatic heterocycles. The Kier molecular flexibility index (Phi) is 11.5. The fourth-order valence-corrected chi connectivity index (χ4v) is 6.33. The summed E-state index contributed by atoms with van der Waals surface area (Å²) in [6.07, 6.45) is 4.54. The van der Waals surface area contributed by atoms with Crippen molar-refractivity contribution in [3.63, 3.8) is 0 Å². The van der Waals surface area contributed by atoms with Gasteiger partial charge >= 0.3 is 0 Å². The van der Waals surface area contributed by atoms with E-state index in [2.05, 4.69) is 38.0 Å². The summed E-state index contributed by atoms with van der Waals surface area (Å²) >= 11 is 0. The van der Waals surface area contributed by atoms with Crippen molar-refractivity contribution in [1.82, 2.24) is 31.5 Å². The summed E-state index contributed by atoms with van der Waals surface area (Å²) in [6, 6.07) is 19.7. The summed E-state index contributed by atoms with van der Waals surface area (Å²) in [5, 5.41) is 19.4. The van der Waals surface area contributed by atoms with Crippen LogP contribution in [0.15, 0.2) is 102 Å². The molecule has 0 radical (unpaired) electrons. The molecule has 0 unspecified atom stereocenters. The van der Waals surface area contributed by atoms with Crippen LogP contribution >= 0.6 is 0 Å². The Morgan fingerprint density at radius 3 is 2.35 bits per heavy atom. The largest absolute Gasteiger partial charge is 0.387 e. The smallest absolute Gasteiger partial charge is 0.264 e. The van der Waals surface area contributed by atoms with Crippen LogP contribution in [0.25, 0.3) is 0 Å². The number of benzene rings is 3. The highest BCUT2D eigenvalue weighted by Gasteiger charge is 2.25. The fourth-order valence-electron chi connectivity index (χ4n) is 5.15. The lowest BCUT2D eigenvalue weighted by Crippen LogP contribution is -2.47. The summed E-state index contributed by atoms with van der Waals surface area (Å²) in [5.41, 5.74) is 2.80. The number of anilines is 1. The quantitative estimate of drug-likeness (QED) is 0.112. The molecule has 5 N–H and O–H groups in total. The molecular formula is C36H42FN7O4S. The van der Waals surface area contributed by atoms with Crippen molar-refractivity contribution >= 4 is 27.5 Å². The molecule has 0 spiro atoms. The van der Waals surface area contributed by atoms with E-state index in [1.54, 1.807) is 12.3 Å². The van der Waals surface area contributed by atoms with Crippen LogP contribution in [0.2, 0.25) is 0 Å². The van der Waals surface area contributed by atoms with Crippen LogP contribution in [0.5, 0.6) is 0 Å². The number of rotatable bonds is 17. The van der Waals surface area contributed by atoms with E-state index in [0.29, 0.717) is 24.6 Å². The van der Waals surface area contributed by atoms with Gasteiger partial charge in [0.2, 0.25) is 0 Å². The van der Waals surface area contributed by atoms with Gasteiger partial charge in [0.05, 0.1) is 22.8 Å². The number of nitrogens with zero attached hydrogens (tertiary/aromatic N) is 2. The lowest BCUT2D eigenvalue weighted by molar-refractivity contribution is 0.0936. The van der Waals surface area contributed by atoms with Crippen molar-refractivity contribution < 1.29 is 22.4 Å². The van der Waals surface area contributed by atoms with Crippen LogP contribution in [-0.4, -0.2) is 62.7 Å². The molecule has 1 saturated carbocycles. The topological polar surface area (TPSA) is 148 Å². The molecule has 4 aromatic rings. The van der Waals surface area contributed by atoms with Crippen molar-refractivity contribution in [2.45, 2.75) is 49.7 Å². The Morgan fingerprint density at radius 2 is 1.69 bits per heavy atom. The Balaban J connectivity index is 1.40. The van der Waals surface area contributed by atoms with Crippen molar-refractivity contribution in [3.8, 4) is 0 Å². The van der Waals surface area contributed by atoms with Gasteiger partial charge in [0.1, 0.15) is 5.82 Å². The second kappa shape index (κ2) is 15.9. The zero-order valence-electron chi connectivity index (χ0n) is 27.6. The first-order valence-electron chi connectivity index (χ1n) is 16.2. The molecule has 1 heterocycles. The molecule has 1 aliphatic rings. The highest BCUT2D eigenvalue weighted by molar-refractivity contribution is 7.92. The third-order valence-corrected chi connectivity index (χ3v) is 10.2. The number of aromatic amines is 1. The number of hydrogen-bond donors (Lipinski definition) is 5. The molecule has 258 valence electrons. The minimum atomic E-state index is -4.17. The monoisotopic (exact) mass is 687 g/mol. The van der Waals surface area contributed by atoms with Crippen LogP contribution in [0.3, 0.4) is 0 Å². The molecule has 49 heavy (non-hydrogen) atoms. The zero-order valence-corrected chi connectivity index (χ0v) is 28.4. The third kappa shape index (κ3) is 9.77. The number of sulfonamides is 1. The van der Waals surface area contributed by atoms with Crippen LogP contribution in [0, 0.1) is 11.7 Å². The first-order valence-corrected chi connectivity index (χ1v) is 17.6. The molecule has 0 bridgehead atoms. The highest BCUT2D eigenvalue weighted by atomic mass is 32.2. The van der Waals surface area contributed by atoms with E-state index in [4.69, 9.17) is 0 Å². The SMILES string of the molecule is C=C(NCC1CC1)[C@H](C)NC[C@H](Cc1ccccc1)NC(=O)c1cc(C(=O)NCc2ccn[nH]2)cc(N(C)S(=O)(=O)c2ccc(F)cc2)c1. The minimum Gasteiger partial charge on any atom is -0.387 e. The molecule has 5 rings (SSSR count). The summed E-state index contributed by atoms with van der Waals surface area (Å²) < 4.78 is 41.6. The molecule has 3 aromatic carbocycles. The van der Waals surface area contributed by atoms with Crippen LogP contribution in [0.4, 0.5) is 10.1 Å². The van der Waals surface area contributed by atoms with Gasteiger partial charge in [-0.2, -0.15) is 5.10 Å². The molecule has 11 nitrogen and oxygen atoms in total. The normalized spacial score (nSPS) is 14.0. The van der Waals surface area contributed by atoms with Crippen molar-refractivity contribution in [1.29, 1.82) is 0 Å². The Hall–Kier alpha value is -5.01. The van der Waals surface area contributed by atoms with Crippen molar-refractivity contribution in [2.24, 2.45) is 5.92 Å². The maximum absolute atomic E-state index is 13.9. The lowest BCUT2D eigenvalue weighted by atomic mass is 10.0. The maximum atomic E-state index is 13.9. The number of carbonyl (C=O) groups excluding carboxylic acids is 2. The van der Waals surface area contributed by atoms with E-state index >= 15 is 0 Å². The van der Waals surface area contributed by atoms with Gasteiger partial charge in [0.25, 0.3) is 21.8 Å². The number of aromatic nitrogens is 2. The van der Waals surface area contributed by atoms with E-state index in [0.717, 1.165) is 46.4 Å². The molecule has 1 fully saturated rings. The predicted octanol–water partition coefficient (Wildman–Crippen LogP) is 4.14. The second-order valence-corrected chi connectivity index (χ2v) is 14.3. The van der Waals surface area contributed by atoms with Gasteiger partial charge in [-0.05, 0) is 86.2 Å². The maximum Gasteiger partial charge on any atom is 0.264 e. The van der Waals surface area contributed by atoms with E-state index in [9.17, 15) is 22.4 Å². The average molecular weight is 688 g/mol. The molecule has 1 aliphatic carbocycles. The van der Waals surface area contributed by atoms with Gasteiger partial charge in [-0.15, -0.1) is 0 Å². The number of halogens is 1. The molecule has 0 saturated heterocycles. The highest BCUT2D eigenvalue weighted by Crippen LogP contribution is 2.28. The standard InChI is InChI=1S/C36H42FN7O4S/c1-24(38-21-27-9-10-27)25(2)39-23-32(17-26-7-5-4-6-8-26)42-36(46)29-18-28(35(45)40-22-31-15-16-41-43-31)19-33(20-29)44(3)49(47,48)34-13-11-30(37)12-14-34/h4-8,11-16,18-20,25,27,32,38-39H,1,9-10,17,21-23H2,2-3H3,(H,40,45)(H,41,43)(H,42,46)/t25-,32-/m0/s1. The van der Waals surface area contributed by atoms with E-state index in [1.807, 2.05) is 37.3 Å². The van der Waals surface area contributed by atoms with Crippen molar-refractivity contribution in [3.05, 3.63) is 126 Å². The Labute approximate surface area is 286 Å².